The van der Waals surface area contributed by atoms with Crippen molar-refractivity contribution in [1.82, 2.24) is 0 Å². The molecule has 2 aromatic rings. The number of aliphatic hydroxyl groups is 1. The number of ether oxygens (including phenoxy) is 4. The largest absolute Gasteiger partial charge is 0.504 e. The van der Waals surface area contributed by atoms with Gasteiger partial charge in [0.25, 0.3) is 0 Å². The molecule has 0 saturated heterocycles. The van der Waals surface area contributed by atoms with E-state index in [2.05, 4.69) is 0 Å². The maximum atomic E-state index is 12.8. The van der Waals surface area contributed by atoms with Gasteiger partial charge in [-0.15, -0.1) is 0 Å². The van der Waals surface area contributed by atoms with Gasteiger partial charge in [-0.25, -0.2) is 0 Å². The van der Waals surface area contributed by atoms with Gasteiger partial charge in [-0.3, -0.25) is 4.79 Å². The quantitative estimate of drug-likeness (QED) is 0.706. The zero-order valence-electron chi connectivity index (χ0n) is 14.3. The lowest BCUT2D eigenvalue weighted by molar-refractivity contribution is 0.0208. The summed E-state index contributed by atoms with van der Waals surface area (Å²) in [5.74, 6) is -0.592. The molecular formula is C18H18O8. The van der Waals surface area contributed by atoms with Crippen LogP contribution in [0.5, 0.6) is 34.5 Å². The Bertz CT molecular complexity index is 861. The average Bonchev–Trinajstić information content (AvgIpc) is 2.65. The van der Waals surface area contributed by atoms with Crippen LogP contribution in [0.2, 0.25) is 0 Å². The number of benzene rings is 2. The zero-order valence-corrected chi connectivity index (χ0v) is 14.3. The van der Waals surface area contributed by atoms with Gasteiger partial charge in [0.15, 0.2) is 35.2 Å². The van der Waals surface area contributed by atoms with E-state index in [1.807, 2.05) is 0 Å². The Labute approximate surface area is 149 Å². The van der Waals surface area contributed by atoms with Gasteiger partial charge in [-0.1, -0.05) is 6.07 Å². The molecule has 0 amide bonds. The van der Waals surface area contributed by atoms with Gasteiger partial charge < -0.3 is 34.3 Å². The molecule has 0 aromatic heterocycles. The summed E-state index contributed by atoms with van der Waals surface area (Å²) in [6.07, 6.45) is -2.62. The first-order chi connectivity index (χ1) is 12.4. The summed E-state index contributed by atoms with van der Waals surface area (Å²) in [6, 6.07) is 5.38. The van der Waals surface area contributed by atoms with Crippen LogP contribution in [0.15, 0.2) is 24.3 Å². The number of aromatic hydroxyl groups is 2. The van der Waals surface area contributed by atoms with Gasteiger partial charge in [0, 0.05) is 6.07 Å². The van der Waals surface area contributed by atoms with Gasteiger partial charge in [0.1, 0.15) is 11.3 Å². The Hall–Kier alpha value is -3.13. The predicted octanol–water partition coefficient (Wildman–Crippen LogP) is 1.80. The molecule has 0 radical (unpaired) electrons. The van der Waals surface area contributed by atoms with Gasteiger partial charge in [0.2, 0.25) is 11.5 Å². The lowest BCUT2D eigenvalue weighted by Crippen LogP contribution is -2.36. The first-order valence-electron chi connectivity index (χ1n) is 7.66. The van der Waals surface area contributed by atoms with Crippen LogP contribution < -0.4 is 18.9 Å². The van der Waals surface area contributed by atoms with E-state index >= 15 is 0 Å². The fraction of sp³-hybridized carbons (Fsp3) is 0.278. The van der Waals surface area contributed by atoms with Crippen molar-refractivity contribution in [1.29, 1.82) is 0 Å². The fourth-order valence-corrected chi connectivity index (χ4v) is 2.91. The number of phenolic OH excluding ortho intramolecular Hbond substituents is 2. The maximum Gasteiger partial charge on any atom is 0.204 e. The number of hydrogen-bond acceptors (Lipinski definition) is 8. The Morgan fingerprint density at radius 1 is 0.962 bits per heavy atom. The van der Waals surface area contributed by atoms with Crippen molar-refractivity contribution >= 4 is 5.78 Å². The summed E-state index contributed by atoms with van der Waals surface area (Å²) in [5, 5.41) is 29.6. The number of fused-ring (bicyclic) bond motifs is 1. The first kappa shape index (κ1) is 17.7. The van der Waals surface area contributed by atoms with E-state index in [0.717, 1.165) is 0 Å². The number of aliphatic hydroxyl groups excluding tert-OH is 1. The number of Topliss-reactive ketones (excluding diaryl/α,β-unsaturated/α-hetero) is 1. The van der Waals surface area contributed by atoms with Crippen LogP contribution >= 0.6 is 0 Å². The molecule has 0 saturated carbocycles. The number of ketones is 1. The van der Waals surface area contributed by atoms with Gasteiger partial charge >= 0.3 is 0 Å². The third-order valence-electron chi connectivity index (χ3n) is 4.18. The Morgan fingerprint density at radius 2 is 1.65 bits per heavy atom. The molecule has 0 unspecified atom stereocenters. The molecule has 0 fully saturated rings. The first-order valence-corrected chi connectivity index (χ1v) is 7.66. The van der Waals surface area contributed by atoms with Crippen LogP contribution in [0.1, 0.15) is 22.0 Å². The third-order valence-corrected chi connectivity index (χ3v) is 4.18. The number of carbonyl (C=O) groups is 1. The number of hydrogen-bond donors (Lipinski definition) is 3. The maximum absolute atomic E-state index is 12.8. The highest BCUT2D eigenvalue weighted by Crippen LogP contribution is 2.49. The molecule has 26 heavy (non-hydrogen) atoms. The number of methoxy groups -OCH3 is 3. The Morgan fingerprint density at radius 3 is 2.23 bits per heavy atom. The fourth-order valence-electron chi connectivity index (χ4n) is 2.91. The van der Waals surface area contributed by atoms with E-state index < -0.39 is 18.0 Å². The van der Waals surface area contributed by atoms with E-state index in [-0.39, 0.29) is 34.3 Å². The molecule has 3 N–H and O–H groups in total. The lowest BCUT2D eigenvalue weighted by atomic mass is 9.92. The number of carbonyl (C=O) groups excluding carboxylic acids is 1. The Kier molecular flexibility index (Phi) is 4.52. The van der Waals surface area contributed by atoms with E-state index in [9.17, 15) is 20.1 Å². The highest BCUT2D eigenvalue weighted by Gasteiger charge is 2.41. The molecule has 8 nitrogen and oxygen atoms in total. The predicted molar refractivity (Wildman–Crippen MR) is 89.6 cm³/mol. The van der Waals surface area contributed by atoms with E-state index in [0.29, 0.717) is 11.3 Å². The minimum absolute atomic E-state index is 0.0388. The molecule has 2 aromatic carbocycles. The van der Waals surface area contributed by atoms with E-state index in [4.69, 9.17) is 18.9 Å². The standard InChI is InChI=1S/C18H18O8/c1-23-12-7-11-13(18(25-3)17(12)24-2)14(21)15(22)16(26-11)8-4-5-9(19)10(20)6-8/h4-7,15-16,19-20,22H,1-3H3/t15-,16+/m0/s1. The van der Waals surface area contributed by atoms with Crippen molar-refractivity contribution in [3.05, 3.63) is 35.4 Å². The summed E-state index contributed by atoms with van der Waals surface area (Å²) < 4.78 is 21.6. The highest BCUT2D eigenvalue weighted by molar-refractivity contribution is 6.06. The van der Waals surface area contributed by atoms with Crippen molar-refractivity contribution in [3.8, 4) is 34.5 Å². The van der Waals surface area contributed by atoms with E-state index in [1.165, 1.54) is 45.6 Å². The molecule has 2 atom stereocenters. The van der Waals surface area contributed by atoms with Crippen molar-refractivity contribution in [2.75, 3.05) is 21.3 Å². The second-order valence-electron chi connectivity index (χ2n) is 5.61. The van der Waals surface area contributed by atoms with Crippen LogP contribution in [0.4, 0.5) is 0 Å². The molecule has 0 aliphatic carbocycles. The van der Waals surface area contributed by atoms with E-state index in [1.54, 1.807) is 0 Å². The second-order valence-corrected chi connectivity index (χ2v) is 5.61. The van der Waals surface area contributed by atoms with Crippen LogP contribution in [-0.4, -0.2) is 48.5 Å². The van der Waals surface area contributed by atoms with Crippen LogP contribution in [-0.2, 0) is 0 Å². The third kappa shape index (κ3) is 2.64. The van der Waals surface area contributed by atoms with Crippen molar-refractivity contribution in [2.45, 2.75) is 12.2 Å². The van der Waals surface area contributed by atoms with Crippen molar-refractivity contribution in [3.63, 3.8) is 0 Å². The normalized spacial score (nSPS) is 18.7. The highest BCUT2D eigenvalue weighted by atomic mass is 16.5. The van der Waals surface area contributed by atoms with Crippen LogP contribution in [0, 0.1) is 0 Å². The smallest absolute Gasteiger partial charge is 0.204 e. The monoisotopic (exact) mass is 362 g/mol. The molecule has 3 rings (SSSR count). The average molecular weight is 362 g/mol. The molecular weight excluding hydrogens is 344 g/mol. The topological polar surface area (TPSA) is 115 Å². The summed E-state index contributed by atoms with van der Waals surface area (Å²) >= 11 is 0. The van der Waals surface area contributed by atoms with Crippen molar-refractivity contribution < 1.29 is 39.1 Å². The zero-order chi connectivity index (χ0) is 19.0. The van der Waals surface area contributed by atoms with Crippen LogP contribution in [0.25, 0.3) is 0 Å². The van der Waals surface area contributed by atoms with Gasteiger partial charge in [-0.05, 0) is 17.7 Å². The Balaban J connectivity index is 2.14. The molecule has 138 valence electrons. The van der Waals surface area contributed by atoms with Crippen molar-refractivity contribution in [2.24, 2.45) is 0 Å². The minimum atomic E-state index is -1.54. The SMILES string of the molecule is COc1cc2c(c(OC)c1OC)C(=O)[C@H](O)[C@@H](c1ccc(O)c(O)c1)O2. The summed E-state index contributed by atoms with van der Waals surface area (Å²) in [5.41, 5.74) is 0.359. The molecule has 0 bridgehead atoms. The lowest BCUT2D eigenvalue weighted by Gasteiger charge is -2.31. The molecule has 1 heterocycles. The van der Waals surface area contributed by atoms with Gasteiger partial charge in [0.05, 0.1) is 21.3 Å². The molecule has 1 aliphatic heterocycles. The molecule has 8 heteroatoms. The second kappa shape index (κ2) is 6.64. The molecule has 0 spiro atoms. The minimum Gasteiger partial charge on any atom is -0.504 e. The summed E-state index contributed by atoms with van der Waals surface area (Å²) in [7, 11) is 4.19. The summed E-state index contributed by atoms with van der Waals surface area (Å²) in [6.45, 7) is 0. The molecule has 1 aliphatic rings. The van der Waals surface area contributed by atoms with Gasteiger partial charge in [-0.2, -0.15) is 0 Å². The summed E-state index contributed by atoms with van der Waals surface area (Å²) in [4.78, 5) is 12.8. The van der Waals surface area contributed by atoms with Crippen LogP contribution in [0.3, 0.4) is 0 Å². The number of rotatable bonds is 4. The number of phenols is 2.